The highest BCUT2D eigenvalue weighted by Crippen LogP contribution is 2.42. The minimum absolute atomic E-state index is 0.144. The standard InChI is InChI=1S/C24H25Cl2N3O3/c1-24(2,3)14-29-19-9-8-15(25)12-17(19)22(16-6-4-5-7-18(16)26)32-20(23(29)31)13-21(30)28-11-10-27/h4-9,12,20,22H,11,13-14H2,1-3H3,(H,28,30). The number of amides is 2. The van der Waals surface area contributed by atoms with Gasteiger partial charge >= 0.3 is 0 Å². The fourth-order valence-electron chi connectivity index (χ4n) is 3.65. The van der Waals surface area contributed by atoms with E-state index in [2.05, 4.69) is 5.32 Å². The van der Waals surface area contributed by atoms with E-state index in [1.165, 1.54) is 0 Å². The molecule has 0 saturated heterocycles. The molecule has 3 rings (SSSR count). The van der Waals surface area contributed by atoms with Gasteiger partial charge in [-0.2, -0.15) is 5.26 Å². The zero-order valence-corrected chi connectivity index (χ0v) is 19.7. The molecule has 0 fully saturated rings. The van der Waals surface area contributed by atoms with Gasteiger partial charge in [0.25, 0.3) is 5.91 Å². The number of nitriles is 1. The van der Waals surface area contributed by atoms with Crippen molar-refractivity contribution in [3.05, 3.63) is 63.6 Å². The first-order valence-electron chi connectivity index (χ1n) is 10.2. The van der Waals surface area contributed by atoms with E-state index in [-0.39, 0.29) is 24.3 Å². The number of carbonyl (C=O) groups is 2. The highest BCUT2D eigenvalue weighted by molar-refractivity contribution is 6.31. The molecule has 0 aromatic heterocycles. The quantitative estimate of drug-likeness (QED) is 0.626. The molecule has 1 aliphatic heterocycles. The second-order valence-electron chi connectivity index (χ2n) is 8.85. The lowest BCUT2D eigenvalue weighted by atomic mass is 9.94. The summed E-state index contributed by atoms with van der Waals surface area (Å²) < 4.78 is 6.29. The average Bonchev–Trinajstić information content (AvgIpc) is 2.82. The summed E-state index contributed by atoms with van der Waals surface area (Å²) in [6.45, 7) is 6.36. The van der Waals surface area contributed by atoms with E-state index >= 15 is 0 Å². The first-order valence-corrected chi connectivity index (χ1v) is 11.0. The van der Waals surface area contributed by atoms with Crippen LogP contribution < -0.4 is 10.2 Å². The minimum atomic E-state index is -1.07. The summed E-state index contributed by atoms with van der Waals surface area (Å²) in [5.74, 6) is -0.771. The van der Waals surface area contributed by atoms with Crippen molar-refractivity contribution in [2.75, 3.05) is 18.0 Å². The summed E-state index contributed by atoms with van der Waals surface area (Å²) in [4.78, 5) is 27.7. The van der Waals surface area contributed by atoms with Crippen molar-refractivity contribution in [2.45, 2.75) is 39.4 Å². The molecule has 2 aromatic carbocycles. The molecular weight excluding hydrogens is 449 g/mol. The maximum absolute atomic E-state index is 13.6. The van der Waals surface area contributed by atoms with Crippen LogP contribution >= 0.6 is 23.2 Å². The molecular formula is C24H25Cl2N3O3. The van der Waals surface area contributed by atoms with Gasteiger partial charge in [-0.05, 0) is 29.7 Å². The predicted molar refractivity (Wildman–Crippen MR) is 125 cm³/mol. The normalized spacial score (nSPS) is 18.5. The van der Waals surface area contributed by atoms with Gasteiger partial charge in [-0.1, -0.05) is 62.2 Å². The van der Waals surface area contributed by atoms with Crippen LogP contribution in [0.3, 0.4) is 0 Å². The lowest BCUT2D eigenvalue weighted by Crippen LogP contribution is -2.45. The molecule has 0 aliphatic carbocycles. The van der Waals surface area contributed by atoms with E-state index in [0.29, 0.717) is 33.4 Å². The zero-order chi connectivity index (χ0) is 23.5. The molecule has 2 amide bonds. The van der Waals surface area contributed by atoms with E-state index < -0.39 is 18.1 Å². The Labute approximate surface area is 198 Å². The lowest BCUT2D eigenvalue weighted by molar-refractivity contribution is -0.138. The van der Waals surface area contributed by atoms with Gasteiger partial charge in [-0.25, -0.2) is 0 Å². The molecule has 1 aliphatic rings. The van der Waals surface area contributed by atoms with Gasteiger partial charge in [-0.3, -0.25) is 9.59 Å². The third-order valence-electron chi connectivity index (χ3n) is 4.96. The second-order valence-corrected chi connectivity index (χ2v) is 9.70. The van der Waals surface area contributed by atoms with Crippen molar-refractivity contribution in [1.29, 1.82) is 5.26 Å². The van der Waals surface area contributed by atoms with Gasteiger partial charge in [-0.15, -0.1) is 0 Å². The lowest BCUT2D eigenvalue weighted by Gasteiger charge is -2.31. The number of benzene rings is 2. The highest BCUT2D eigenvalue weighted by Gasteiger charge is 2.39. The summed E-state index contributed by atoms with van der Waals surface area (Å²) in [7, 11) is 0. The molecule has 32 heavy (non-hydrogen) atoms. The number of ether oxygens (including phenoxy) is 1. The maximum atomic E-state index is 13.6. The van der Waals surface area contributed by atoms with Gasteiger partial charge < -0.3 is 15.0 Å². The molecule has 168 valence electrons. The Bertz CT molecular complexity index is 1060. The van der Waals surface area contributed by atoms with Gasteiger partial charge in [0.15, 0.2) is 0 Å². The Balaban J connectivity index is 2.14. The summed E-state index contributed by atoms with van der Waals surface area (Å²) in [6, 6.07) is 14.4. The summed E-state index contributed by atoms with van der Waals surface area (Å²) >= 11 is 12.8. The van der Waals surface area contributed by atoms with Crippen LogP contribution in [0.5, 0.6) is 0 Å². The highest BCUT2D eigenvalue weighted by atomic mass is 35.5. The predicted octanol–water partition coefficient (Wildman–Crippen LogP) is 4.89. The van der Waals surface area contributed by atoms with Crippen LogP contribution in [0, 0.1) is 16.7 Å². The van der Waals surface area contributed by atoms with Gasteiger partial charge in [0, 0.05) is 33.4 Å². The summed E-state index contributed by atoms with van der Waals surface area (Å²) in [6.07, 6.45) is -1.99. The molecule has 0 radical (unpaired) electrons. The fraction of sp³-hybridized carbons (Fsp3) is 0.375. The Morgan fingerprint density at radius 3 is 2.56 bits per heavy atom. The van der Waals surface area contributed by atoms with Crippen molar-refractivity contribution >= 4 is 40.7 Å². The van der Waals surface area contributed by atoms with Crippen LogP contribution in [-0.2, 0) is 14.3 Å². The number of hydrogen-bond acceptors (Lipinski definition) is 4. The third kappa shape index (κ3) is 5.60. The Morgan fingerprint density at radius 1 is 1.19 bits per heavy atom. The summed E-state index contributed by atoms with van der Waals surface area (Å²) in [5.41, 5.74) is 1.82. The number of halogens is 2. The van der Waals surface area contributed by atoms with Crippen molar-refractivity contribution in [3.8, 4) is 6.07 Å². The van der Waals surface area contributed by atoms with E-state index in [0.717, 1.165) is 0 Å². The molecule has 1 N–H and O–H groups in total. The monoisotopic (exact) mass is 473 g/mol. The largest absolute Gasteiger partial charge is 0.355 e. The molecule has 2 aromatic rings. The molecule has 0 bridgehead atoms. The van der Waals surface area contributed by atoms with Crippen LogP contribution in [0.15, 0.2) is 42.5 Å². The molecule has 2 atom stereocenters. The number of carbonyl (C=O) groups excluding carboxylic acids is 2. The molecule has 0 saturated carbocycles. The van der Waals surface area contributed by atoms with Crippen molar-refractivity contribution in [2.24, 2.45) is 5.41 Å². The van der Waals surface area contributed by atoms with Crippen molar-refractivity contribution in [3.63, 3.8) is 0 Å². The van der Waals surface area contributed by atoms with Crippen LogP contribution in [-0.4, -0.2) is 31.0 Å². The van der Waals surface area contributed by atoms with Crippen LogP contribution in [0.4, 0.5) is 5.69 Å². The van der Waals surface area contributed by atoms with Gasteiger partial charge in [0.05, 0.1) is 12.5 Å². The van der Waals surface area contributed by atoms with Crippen molar-refractivity contribution in [1.82, 2.24) is 5.32 Å². The minimum Gasteiger partial charge on any atom is -0.355 e. The fourth-order valence-corrected chi connectivity index (χ4v) is 4.06. The van der Waals surface area contributed by atoms with Crippen molar-refractivity contribution < 1.29 is 14.3 Å². The molecule has 1 heterocycles. The Hall–Kier alpha value is -2.59. The smallest absolute Gasteiger partial charge is 0.256 e. The first-order chi connectivity index (χ1) is 15.1. The number of rotatable bonds is 5. The Morgan fingerprint density at radius 2 is 1.91 bits per heavy atom. The van der Waals surface area contributed by atoms with Gasteiger partial charge in [0.1, 0.15) is 18.8 Å². The molecule has 6 nitrogen and oxygen atoms in total. The maximum Gasteiger partial charge on any atom is 0.256 e. The van der Waals surface area contributed by atoms with Crippen LogP contribution in [0.25, 0.3) is 0 Å². The Kier molecular flexibility index (Phi) is 7.45. The number of fused-ring (bicyclic) bond motifs is 1. The second kappa shape index (κ2) is 9.91. The number of nitrogens with one attached hydrogen (secondary N) is 1. The van der Waals surface area contributed by atoms with E-state index in [4.69, 9.17) is 33.2 Å². The van der Waals surface area contributed by atoms with E-state index in [1.54, 1.807) is 29.2 Å². The molecule has 8 heteroatoms. The summed E-state index contributed by atoms with van der Waals surface area (Å²) in [5, 5.41) is 12.2. The topological polar surface area (TPSA) is 82.4 Å². The van der Waals surface area contributed by atoms with E-state index in [1.807, 2.05) is 45.0 Å². The SMILES string of the molecule is CC(C)(C)CN1C(=O)C(CC(=O)NCC#N)OC(c2ccccc2Cl)c2cc(Cl)ccc21. The molecule has 0 spiro atoms. The first kappa shape index (κ1) is 24.1. The molecule has 2 unspecified atom stereocenters. The zero-order valence-electron chi connectivity index (χ0n) is 18.2. The van der Waals surface area contributed by atoms with Crippen LogP contribution in [0.2, 0.25) is 10.0 Å². The average molecular weight is 474 g/mol. The van der Waals surface area contributed by atoms with E-state index in [9.17, 15) is 9.59 Å². The van der Waals surface area contributed by atoms with Gasteiger partial charge in [0.2, 0.25) is 5.91 Å². The third-order valence-corrected chi connectivity index (χ3v) is 5.54. The number of hydrogen-bond donors (Lipinski definition) is 1. The number of anilines is 1. The van der Waals surface area contributed by atoms with Crippen LogP contribution in [0.1, 0.15) is 44.4 Å². The number of nitrogens with zero attached hydrogens (tertiary/aromatic N) is 2.